The molecule has 0 nitrogen and oxygen atoms in total. The van der Waals surface area contributed by atoms with Crippen LogP contribution in [0.25, 0.3) is 11.1 Å². The number of halogens is 3. The van der Waals surface area contributed by atoms with Crippen LogP contribution in [-0.2, 0) is 38.3 Å². The summed E-state index contributed by atoms with van der Waals surface area (Å²) in [5, 5.41) is 0. The second kappa shape index (κ2) is 10.2. The van der Waals surface area contributed by atoms with Crippen molar-refractivity contribution in [1.82, 2.24) is 0 Å². The van der Waals surface area contributed by atoms with Gasteiger partial charge in [0, 0.05) is 0 Å². The summed E-state index contributed by atoms with van der Waals surface area (Å²) in [7, 11) is 0. The molecule has 5 rings (SSSR count). The Bertz CT molecular complexity index is 1490. The van der Waals surface area contributed by atoms with E-state index >= 15 is 0 Å². The van der Waals surface area contributed by atoms with Gasteiger partial charge in [-0.25, -0.2) is 0 Å². The van der Waals surface area contributed by atoms with Gasteiger partial charge in [0.05, 0.1) is 0 Å². The van der Waals surface area contributed by atoms with Gasteiger partial charge < -0.3 is 0 Å². The van der Waals surface area contributed by atoms with Crippen molar-refractivity contribution >= 4 is 3.71 Å². The van der Waals surface area contributed by atoms with Crippen LogP contribution in [0.2, 0.25) is 3.63 Å². The first-order valence-corrected chi connectivity index (χ1v) is 18.4. The van der Waals surface area contributed by atoms with E-state index in [9.17, 15) is 13.2 Å². The number of fused-ring (bicyclic) bond motifs is 3. The minimum atomic E-state index is -4.35. The molecule has 0 heterocycles. The van der Waals surface area contributed by atoms with Crippen molar-refractivity contribution in [2.24, 2.45) is 0 Å². The van der Waals surface area contributed by atoms with Crippen molar-refractivity contribution in [3.05, 3.63) is 117 Å². The van der Waals surface area contributed by atoms with Gasteiger partial charge in [-0.05, 0) is 0 Å². The van der Waals surface area contributed by atoms with E-state index in [0.717, 1.165) is 0 Å². The zero-order chi connectivity index (χ0) is 29.2. The normalized spacial score (nSPS) is 16.1. The summed E-state index contributed by atoms with van der Waals surface area (Å²) in [5.41, 5.74) is 10.7. The molecule has 0 saturated carbocycles. The molecule has 0 N–H and O–H groups in total. The number of hydrogen-bond acceptors (Lipinski definition) is 0. The van der Waals surface area contributed by atoms with E-state index in [4.69, 9.17) is 0 Å². The van der Waals surface area contributed by atoms with Crippen LogP contribution in [0, 0.1) is 13.8 Å². The number of hydrogen-bond donors (Lipinski definition) is 0. The van der Waals surface area contributed by atoms with Crippen LogP contribution in [0.5, 0.6) is 0 Å². The zero-order valence-corrected chi connectivity index (χ0v) is 27.3. The predicted molar refractivity (Wildman–Crippen MR) is 159 cm³/mol. The Hall–Kier alpha value is -2.32. The van der Waals surface area contributed by atoms with E-state index in [2.05, 4.69) is 108 Å². The van der Waals surface area contributed by atoms with Crippen molar-refractivity contribution in [3.63, 3.8) is 0 Å². The average molecular weight is 620 g/mol. The summed E-state index contributed by atoms with van der Waals surface area (Å²) in [5.74, 6) is 0. The first-order chi connectivity index (χ1) is 18.6. The van der Waals surface area contributed by atoms with Crippen molar-refractivity contribution in [3.8, 4) is 11.1 Å². The van der Waals surface area contributed by atoms with Gasteiger partial charge in [-0.3, -0.25) is 0 Å². The molecule has 0 aliphatic heterocycles. The van der Waals surface area contributed by atoms with Gasteiger partial charge in [0.1, 0.15) is 0 Å². The standard InChI is InChI=1S/C23H29.C8H5F3.C5H5.Zr/c1-14-9-16-11-17-10-15(2)21(23(6,7)8)13-19(17)18(16)12-20(14)22(3,4)5;1-6-3-2-4-7(5-6)8(9,10)11;1-2-4-5-3-1;/h9-13H,1-8H3;1-5H;1-5H;. The van der Waals surface area contributed by atoms with Crippen LogP contribution >= 0.6 is 0 Å². The van der Waals surface area contributed by atoms with Crippen LogP contribution < -0.4 is 0 Å². The molecule has 0 spiro atoms. The Kier molecular flexibility index (Phi) is 7.44. The van der Waals surface area contributed by atoms with E-state index < -0.39 is 33.0 Å². The molecule has 0 radical (unpaired) electrons. The van der Waals surface area contributed by atoms with E-state index in [1.54, 1.807) is 6.07 Å². The molecule has 40 heavy (non-hydrogen) atoms. The van der Waals surface area contributed by atoms with Crippen LogP contribution in [0.3, 0.4) is 0 Å². The quantitative estimate of drug-likeness (QED) is 0.274. The third-order valence-electron chi connectivity index (χ3n) is 8.33. The molecule has 0 unspecified atom stereocenters. The second-order valence-corrected chi connectivity index (χ2v) is 19.7. The number of benzene rings is 3. The maximum absolute atomic E-state index is 13.6. The Morgan fingerprint density at radius 3 is 1.65 bits per heavy atom. The fourth-order valence-corrected chi connectivity index (χ4v) is 14.4. The number of allylic oxidation sites excluding steroid dienone is 4. The first kappa shape index (κ1) is 29.2. The average Bonchev–Trinajstić information content (AvgIpc) is 3.46. The molecular weight excluding hydrogens is 581 g/mol. The Labute approximate surface area is 245 Å². The number of aryl methyl sites for hydroxylation is 2. The van der Waals surface area contributed by atoms with Crippen LogP contribution in [0.15, 0.2) is 72.8 Å². The third kappa shape index (κ3) is 5.46. The van der Waals surface area contributed by atoms with Crippen molar-refractivity contribution in [1.29, 1.82) is 0 Å². The fourth-order valence-electron chi connectivity index (χ4n) is 6.57. The van der Waals surface area contributed by atoms with Gasteiger partial charge in [0.25, 0.3) is 0 Å². The van der Waals surface area contributed by atoms with Crippen molar-refractivity contribution in [2.45, 2.75) is 79.6 Å². The Balaban J connectivity index is 1.81. The molecule has 0 amide bonds. The maximum atomic E-state index is 13.6. The van der Waals surface area contributed by atoms with E-state index in [-0.39, 0.29) is 18.1 Å². The van der Waals surface area contributed by atoms with Crippen LogP contribution in [0.4, 0.5) is 13.2 Å². The molecule has 0 fully saturated rings. The molecule has 3 aromatic rings. The molecule has 0 saturated heterocycles. The van der Waals surface area contributed by atoms with E-state index in [0.29, 0.717) is 5.56 Å². The van der Waals surface area contributed by atoms with E-state index in [1.807, 2.05) is 6.07 Å². The first-order valence-electron chi connectivity index (χ1n) is 14.1. The molecule has 0 aromatic heterocycles. The summed E-state index contributed by atoms with van der Waals surface area (Å²) >= 11 is -2.72. The van der Waals surface area contributed by atoms with Gasteiger partial charge in [-0.15, -0.1) is 0 Å². The Morgan fingerprint density at radius 2 is 1.20 bits per heavy atom. The topological polar surface area (TPSA) is 0 Å². The molecule has 0 atom stereocenters. The molecular formula is C36H39F3Zr. The van der Waals surface area contributed by atoms with Crippen LogP contribution in [-0.4, -0.2) is 3.71 Å². The molecule has 0 bridgehead atoms. The Morgan fingerprint density at radius 1 is 0.700 bits per heavy atom. The molecule has 208 valence electrons. The van der Waals surface area contributed by atoms with Gasteiger partial charge in [0.2, 0.25) is 0 Å². The van der Waals surface area contributed by atoms with Gasteiger partial charge >= 0.3 is 246 Å². The molecule has 4 heteroatoms. The molecule has 2 aliphatic rings. The summed E-state index contributed by atoms with van der Waals surface area (Å²) < 4.78 is 43.7. The minimum absolute atomic E-state index is 0.0115. The van der Waals surface area contributed by atoms with Gasteiger partial charge in [-0.2, -0.15) is 0 Å². The van der Waals surface area contributed by atoms with Gasteiger partial charge in [-0.1, -0.05) is 0 Å². The third-order valence-corrected chi connectivity index (χ3v) is 16.0. The molecule has 2 aliphatic carbocycles. The monoisotopic (exact) mass is 618 g/mol. The summed E-state index contributed by atoms with van der Waals surface area (Å²) in [6.45, 7) is 18.0. The van der Waals surface area contributed by atoms with Crippen LogP contribution in [0.1, 0.15) is 89.7 Å². The predicted octanol–water partition coefficient (Wildman–Crippen LogP) is 10.4. The molecule has 3 aromatic carbocycles. The fraction of sp³-hybridized carbons (Fsp3) is 0.361. The summed E-state index contributed by atoms with van der Waals surface area (Å²) in [6, 6.07) is 15.5. The number of alkyl halides is 3. The summed E-state index contributed by atoms with van der Waals surface area (Å²) in [6.07, 6.45) is 4.38. The van der Waals surface area contributed by atoms with Gasteiger partial charge in [0.15, 0.2) is 0 Å². The summed E-state index contributed by atoms with van der Waals surface area (Å²) in [4.78, 5) is 0. The zero-order valence-electron chi connectivity index (χ0n) is 24.8. The van der Waals surface area contributed by atoms with Crippen molar-refractivity contribution < 1.29 is 34.4 Å². The SMILES string of the molecule is Cc1cc2c(cc1C(C)(C)C)-c1cc(C(C)(C)C)c(C)cc1[CH]2[Zr](=[CH]c1cccc(C(F)(F)F)c1)[CH]1C=CC=C1. The van der Waals surface area contributed by atoms with E-state index in [1.165, 1.54) is 56.6 Å². The second-order valence-electron chi connectivity index (χ2n) is 13.5. The van der Waals surface area contributed by atoms with Crippen molar-refractivity contribution in [2.75, 3.05) is 0 Å². The number of rotatable bonds is 3.